The van der Waals surface area contributed by atoms with Crippen LogP contribution in [0.5, 0.6) is 23.8 Å². The second kappa shape index (κ2) is 24.6. The Morgan fingerprint density at radius 3 is 1.62 bits per heavy atom. The van der Waals surface area contributed by atoms with E-state index in [0.717, 1.165) is 28.3 Å². The monoisotopic (exact) mass is 1040 g/mol. The van der Waals surface area contributed by atoms with E-state index < -0.39 is 63.3 Å². The number of hydrogen-bond acceptors (Lipinski definition) is 14. The summed E-state index contributed by atoms with van der Waals surface area (Å²) in [6, 6.07) is 22.3. The van der Waals surface area contributed by atoms with E-state index in [-0.39, 0.29) is 37.9 Å². The summed E-state index contributed by atoms with van der Waals surface area (Å²) < 4.78 is 108. The molecule has 0 fully saturated rings. The number of H-pyrrole nitrogens is 1. The summed E-state index contributed by atoms with van der Waals surface area (Å²) in [5.41, 5.74) is 2.88. The normalized spacial score (nSPS) is 12.1. The number of carbonyl (C=O) groups excluding carboxylic acids is 1. The van der Waals surface area contributed by atoms with E-state index >= 15 is 0 Å². The molecule has 0 aliphatic heterocycles. The van der Waals surface area contributed by atoms with E-state index in [2.05, 4.69) is 54.9 Å². The van der Waals surface area contributed by atoms with Crippen LogP contribution in [0.25, 0.3) is 45.0 Å². The first-order valence-corrected chi connectivity index (χ1v) is 26.5. The number of ether oxygens (including phenoxy) is 6. The Labute approximate surface area is 418 Å². The van der Waals surface area contributed by atoms with Gasteiger partial charge in [-0.3, -0.25) is 14.7 Å². The number of methoxy groups -OCH3 is 1. The van der Waals surface area contributed by atoms with Crippen molar-refractivity contribution in [2.75, 3.05) is 40.1 Å². The number of rotatable bonds is 23. The highest BCUT2D eigenvalue weighted by atomic mass is 28.3. The summed E-state index contributed by atoms with van der Waals surface area (Å²) in [4.78, 5) is 39.9. The third-order valence-electron chi connectivity index (χ3n) is 10.5. The number of nitrogens with zero attached hydrogens (tertiary/aromatic N) is 7. The third kappa shape index (κ3) is 18.5. The number of aromatic amines is 1. The fourth-order valence-electron chi connectivity index (χ4n) is 5.94. The van der Waals surface area contributed by atoms with Gasteiger partial charge in [0, 0.05) is 61.5 Å². The van der Waals surface area contributed by atoms with E-state index in [4.69, 9.17) is 33.5 Å². The molecule has 0 spiro atoms. The van der Waals surface area contributed by atoms with Crippen LogP contribution in [0.2, 0.25) is 25.7 Å². The molecule has 2 aromatic carbocycles. The van der Waals surface area contributed by atoms with Crippen LogP contribution in [0, 0.1) is 10.8 Å². The molecule has 0 saturated heterocycles. The minimum Gasteiger partial charge on any atom is -0.481 e. The maximum absolute atomic E-state index is 12.6. The Bertz CT molecular complexity index is 2690. The van der Waals surface area contributed by atoms with Gasteiger partial charge in [0.1, 0.15) is 33.2 Å². The van der Waals surface area contributed by atoms with Crippen LogP contribution in [0.3, 0.4) is 0 Å². The molecule has 0 radical (unpaired) electrons. The van der Waals surface area contributed by atoms with E-state index in [9.17, 15) is 35.9 Å². The van der Waals surface area contributed by atoms with Crippen LogP contribution in [-0.4, -0.2) is 118 Å². The standard InChI is InChI=1S/C28H37F3N4O5Si.C21H21F3N4O4/c1-27(2,25(36)37-3)18-40-23-12-11-22(17-32-23)20-7-9-21(10-8-20)24-33-26(39-14-13-28(29,30)31)35(34-24)19-38-15-16-41(4,5)6;1-20(2,18(29)30)12-32-16-8-7-15(11-25-16)13-3-5-14(6-4-13)17-26-19(28-27-17)31-10-9-21(22,23)24/h7-12,17H,13-16,18-19H2,1-6H3;3-8,11H,9-10,12H2,1-2H3,(H,29,30)(H,26,27,28). The van der Waals surface area contributed by atoms with E-state index in [1.54, 1.807) is 70.4 Å². The topological polar surface area (TPSA) is 208 Å². The van der Waals surface area contributed by atoms with Gasteiger partial charge in [-0.2, -0.15) is 41.0 Å². The lowest BCUT2D eigenvalue weighted by Gasteiger charge is -2.21. The molecular weight excluding hydrogens is 987 g/mol. The van der Waals surface area contributed by atoms with Crippen LogP contribution >= 0.6 is 0 Å². The van der Waals surface area contributed by atoms with Crippen molar-refractivity contribution in [3.8, 4) is 68.8 Å². The molecule has 0 bridgehead atoms. The lowest BCUT2D eigenvalue weighted by molar-refractivity contribution is -0.152. The molecule has 0 atom stereocenters. The van der Waals surface area contributed by atoms with Crippen molar-refractivity contribution in [2.45, 2.75) is 85.3 Å². The van der Waals surface area contributed by atoms with Crippen LogP contribution in [0.15, 0.2) is 85.2 Å². The first kappa shape index (κ1) is 56.8. The molecule has 0 aliphatic rings. The maximum Gasteiger partial charge on any atom is 0.392 e. The van der Waals surface area contributed by atoms with Crippen LogP contribution in [-0.2, 0) is 25.8 Å². The molecule has 0 saturated carbocycles. The Morgan fingerprint density at radius 1 is 0.644 bits per heavy atom. The fourth-order valence-corrected chi connectivity index (χ4v) is 6.69. The smallest absolute Gasteiger partial charge is 0.392 e. The van der Waals surface area contributed by atoms with Gasteiger partial charge in [-0.15, -0.1) is 10.2 Å². The third-order valence-corrected chi connectivity index (χ3v) is 12.2. The number of benzene rings is 2. The van der Waals surface area contributed by atoms with Gasteiger partial charge in [-0.05, 0) is 57.0 Å². The first-order valence-electron chi connectivity index (χ1n) is 22.8. The Balaban J connectivity index is 0.000000279. The van der Waals surface area contributed by atoms with E-state index in [0.29, 0.717) is 41.1 Å². The molecule has 6 rings (SSSR count). The molecule has 0 amide bonds. The largest absolute Gasteiger partial charge is 0.481 e. The van der Waals surface area contributed by atoms with Crippen LogP contribution < -0.4 is 18.9 Å². The van der Waals surface area contributed by atoms with Gasteiger partial charge in [0.2, 0.25) is 11.8 Å². The summed E-state index contributed by atoms with van der Waals surface area (Å²) in [6.07, 6.45) is -7.55. The average molecular weight is 1050 g/mol. The highest BCUT2D eigenvalue weighted by Crippen LogP contribution is 2.29. The zero-order chi connectivity index (χ0) is 53.6. The van der Waals surface area contributed by atoms with Crippen molar-refractivity contribution in [3.05, 3.63) is 85.2 Å². The number of nitrogens with one attached hydrogen (secondary N) is 1. The Morgan fingerprint density at radius 2 is 1.14 bits per heavy atom. The number of aromatic nitrogens is 8. The number of hydrogen-bond donors (Lipinski definition) is 2. The molecule has 0 aliphatic carbocycles. The van der Waals surface area contributed by atoms with Crippen molar-refractivity contribution in [3.63, 3.8) is 0 Å². The van der Waals surface area contributed by atoms with E-state index in [1.807, 2.05) is 42.5 Å². The molecule has 394 valence electrons. The van der Waals surface area contributed by atoms with Crippen molar-refractivity contribution in [2.24, 2.45) is 10.8 Å². The number of esters is 1. The number of alkyl halides is 6. The number of carboxylic acids is 1. The van der Waals surface area contributed by atoms with Gasteiger partial charge in [-0.1, -0.05) is 68.2 Å². The van der Waals surface area contributed by atoms with Gasteiger partial charge in [0.25, 0.3) is 0 Å². The number of carboxylic acid groups (broad SMARTS) is 1. The highest BCUT2D eigenvalue weighted by molar-refractivity contribution is 6.76. The molecule has 0 unspecified atom stereocenters. The SMILES string of the molecule is CC(C)(COc1ccc(-c2ccc(-c3nc(OCCC(F)(F)F)n[nH]3)cc2)cn1)C(=O)O.COC(=O)C(C)(C)COc1ccc(-c2ccc(-c3nc(OCCC(F)(F)F)n(COCC[Si](C)(C)C)n3)cc2)cn1. The second-order valence-corrected chi connectivity index (χ2v) is 24.6. The lowest BCUT2D eigenvalue weighted by atomic mass is 9.95. The molecule has 24 heteroatoms. The van der Waals surface area contributed by atoms with Crippen LogP contribution in [0.1, 0.15) is 40.5 Å². The molecule has 73 heavy (non-hydrogen) atoms. The summed E-state index contributed by atoms with van der Waals surface area (Å²) >= 11 is 0. The summed E-state index contributed by atoms with van der Waals surface area (Å²) in [7, 11) is 0.0259. The zero-order valence-corrected chi connectivity index (χ0v) is 42.6. The summed E-state index contributed by atoms with van der Waals surface area (Å²) in [5, 5.41) is 19.9. The van der Waals surface area contributed by atoms with Gasteiger partial charge >= 0.3 is 36.3 Å². The minimum absolute atomic E-state index is 0.0114. The van der Waals surface area contributed by atoms with Crippen molar-refractivity contribution < 1.29 is 69.5 Å². The maximum atomic E-state index is 12.6. The number of halogens is 6. The Hall–Kier alpha value is -7.08. The summed E-state index contributed by atoms with van der Waals surface area (Å²) in [5.74, 6) is 0.0366. The molecule has 17 nitrogen and oxygen atoms in total. The highest BCUT2D eigenvalue weighted by Gasteiger charge is 2.31. The van der Waals surface area contributed by atoms with Crippen molar-refractivity contribution in [1.29, 1.82) is 0 Å². The average Bonchev–Trinajstić information content (AvgIpc) is 3.98. The van der Waals surface area contributed by atoms with Gasteiger partial charge in [0.15, 0.2) is 11.6 Å². The first-order chi connectivity index (χ1) is 34.2. The minimum atomic E-state index is -4.34. The molecule has 2 N–H and O–H groups in total. The quantitative estimate of drug-likeness (QED) is 0.0265. The molecule has 6 aromatic rings. The van der Waals surface area contributed by atoms with Crippen molar-refractivity contribution >= 4 is 20.0 Å². The lowest BCUT2D eigenvalue weighted by Crippen LogP contribution is -2.32. The molecule has 4 aromatic heterocycles. The van der Waals surface area contributed by atoms with Gasteiger partial charge < -0.3 is 33.5 Å². The predicted octanol–water partition coefficient (Wildman–Crippen LogP) is 10.6. The molecule has 4 heterocycles. The van der Waals surface area contributed by atoms with Crippen molar-refractivity contribution in [1.82, 2.24) is 39.9 Å². The van der Waals surface area contributed by atoms with Gasteiger partial charge in [0.05, 0.1) is 30.8 Å². The second-order valence-electron chi connectivity index (χ2n) is 19.0. The fraction of sp³-hybridized carbons (Fsp3) is 0.429. The Kier molecular flexibility index (Phi) is 19.1. The van der Waals surface area contributed by atoms with Gasteiger partial charge in [-0.25, -0.2) is 9.97 Å². The van der Waals surface area contributed by atoms with E-state index in [1.165, 1.54) is 11.8 Å². The number of carbonyl (C=O) groups is 2. The zero-order valence-electron chi connectivity index (χ0n) is 41.6. The summed E-state index contributed by atoms with van der Waals surface area (Å²) in [6.45, 7) is 12.8. The number of pyridine rings is 2. The molecular formula is C49H58F6N8O9Si. The number of aliphatic carboxylic acids is 1. The van der Waals surface area contributed by atoms with Crippen LogP contribution in [0.4, 0.5) is 26.3 Å². The predicted molar refractivity (Wildman–Crippen MR) is 258 cm³/mol.